The molecule has 1 saturated heterocycles. The molecule has 0 radical (unpaired) electrons. The van der Waals surface area contributed by atoms with Crippen molar-refractivity contribution < 1.29 is 0 Å². The Hall–Kier alpha value is 1.29. The van der Waals surface area contributed by atoms with Gasteiger partial charge in [-0.2, -0.15) is 0 Å². The third-order valence-corrected chi connectivity index (χ3v) is 41.9. The van der Waals surface area contributed by atoms with Crippen LogP contribution in [0.15, 0.2) is 0 Å². The van der Waals surface area contributed by atoms with Gasteiger partial charge in [-0.15, -0.1) is 0 Å². The van der Waals surface area contributed by atoms with Gasteiger partial charge in [-0.25, -0.2) is 0 Å². The minimum Gasteiger partial charge on any atom is -0.0530 e. The SMILES string of the molecule is CP1[P+](C2CCCCC2)(C2CCCCC2)C[P+]1(C1CCCCC1)C1CCCCC1. The number of hydrogen-bond acceptors (Lipinski definition) is 0. The predicted molar refractivity (Wildman–Crippen MR) is 139 cm³/mol. The van der Waals surface area contributed by atoms with Gasteiger partial charge in [-0.3, -0.25) is 0 Å². The molecule has 0 nitrogen and oxygen atoms in total. The third-order valence-electron chi connectivity index (χ3n) is 10.4. The molecule has 5 aliphatic rings. The normalized spacial score (nSPS) is 33.4. The Balaban J connectivity index is 1.48. The Labute approximate surface area is 184 Å². The van der Waals surface area contributed by atoms with Gasteiger partial charge in [-0.1, -0.05) is 25.7 Å². The Morgan fingerprint density at radius 2 is 0.655 bits per heavy atom. The largest absolute Gasteiger partial charge is 0.214 e. The summed E-state index contributed by atoms with van der Waals surface area (Å²) in [7, 11) is 0.418. The first kappa shape index (κ1) is 22.1. The summed E-state index contributed by atoms with van der Waals surface area (Å²) in [5, 5.41) is 0. The molecule has 0 unspecified atom stereocenters. The molecule has 5 fully saturated rings. The lowest BCUT2D eigenvalue weighted by atomic mass is 9.99. The standard InChI is InChI=1S/C26H49P3/c1-27-28(23-14-6-2-7-15-23,24-16-8-3-9-17-24)22-29(27,25-18-10-4-11-19-25)26-20-12-5-13-21-26/h23-26H,2-22H2,1H3/q+2. The molecule has 0 bridgehead atoms. The number of hydrogen-bond donors (Lipinski definition) is 0. The maximum Gasteiger partial charge on any atom is 0.214 e. The van der Waals surface area contributed by atoms with Crippen molar-refractivity contribution in [3.8, 4) is 0 Å². The van der Waals surface area contributed by atoms with Crippen LogP contribution < -0.4 is 0 Å². The first-order valence-electron chi connectivity index (χ1n) is 13.8. The van der Waals surface area contributed by atoms with E-state index in [9.17, 15) is 0 Å². The van der Waals surface area contributed by atoms with Crippen molar-refractivity contribution >= 4 is 21.2 Å². The van der Waals surface area contributed by atoms with Crippen molar-refractivity contribution in [1.82, 2.24) is 0 Å². The molecule has 0 aromatic heterocycles. The van der Waals surface area contributed by atoms with Crippen LogP contribution in [-0.4, -0.2) is 35.2 Å². The Kier molecular flexibility index (Phi) is 7.35. The highest BCUT2D eigenvalue weighted by Crippen LogP contribution is 3.20. The minimum atomic E-state index is -0.652. The van der Waals surface area contributed by atoms with E-state index in [-0.39, 0.29) is 0 Å². The summed E-state index contributed by atoms with van der Waals surface area (Å²) < 4.78 is 0. The van der Waals surface area contributed by atoms with E-state index >= 15 is 0 Å². The minimum absolute atomic E-state index is 0.418. The molecule has 0 spiro atoms. The van der Waals surface area contributed by atoms with E-state index in [0.29, 0.717) is 7.30 Å². The molecule has 29 heavy (non-hydrogen) atoms. The Morgan fingerprint density at radius 3 is 0.862 bits per heavy atom. The zero-order valence-corrected chi connectivity index (χ0v) is 22.2. The highest BCUT2D eigenvalue weighted by Gasteiger charge is 2.83. The molecule has 4 saturated carbocycles. The van der Waals surface area contributed by atoms with Crippen molar-refractivity contribution in [3.63, 3.8) is 0 Å². The van der Waals surface area contributed by atoms with Crippen molar-refractivity contribution in [2.75, 3.05) is 12.6 Å². The summed E-state index contributed by atoms with van der Waals surface area (Å²) in [5.41, 5.74) is 5.04. The molecule has 0 aromatic carbocycles. The van der Waals surface area contributed by atoms with Gasteiger partial charge < -0.3 is 0 Å². The second kappa shape index (κ2) is 9.65. The second-order valence-electron chi connectivity index (χ2n) is 11.6. The molecule has 0 amide bonds. The van der Waals surface area contributed by atoms with Gasteiger partial charge in [0.05, 0.1) is 22.6 Å². The van der Waals surface area contributed by atoms with Gasteiger partial charge in [0, 0.05) is 6.66 Å². The highest BCUT2D eigenvalue weighted by molar-refractivity contribution is 8.78. The molecule has 0 aromatic rings. The molecule has 0 atom stereocenters. The van der Waals surface area contributed by atoms with E-state index in [4.69, 9.17) is 0 Å². The van der Waals surface area contributed by atoms with Gasteiger partial charge in [-0.05, 0) is 103 Å². The lowest BCUT2D eigenvalue weighted by molar-refractivity contribution is 0.476. The van der Waals surface area contributed by atoms with Crippen molar-refractivity contribution in [1.29, 1.82) is 0 Å². The Morgan fingerprint density at radius 1 is 0.414 bits per heavy atom. The Bertz CT molecular complexity index is 440. The van der Waals surface area contributed by atoms with E-state index < -0.39 is 13.9 Å². The smallest absolute Gasteiger partial charge is 0.0530 e. The molecule has 1 heterocycles. The molecule has 5 rings (SSSR count). The fourth-order valence-electron chi connectivity index (χ4n) is 8.91. The van der Waals surface area contributed by atoms with Gasteiger partial charge in [0.25, 0.3) is 0 Å². The molecular weight excluding hydrogens is 405 g/mol. The monoisotopic (exact) mass is 454 g/mol. The third kappa shape index (κ3) is 3.85. The first-order valence-corrected chi connectivity index (χ1v) is 21.2. The molecule has 3 heteroatoms. The van der Waals surface area contributed by atoms with Crippen LogP contribution in [0.1, 0.15) is 128 Å². The predicted octanol–water partition coefficient (Wildman–Crippen LogP) is 10.3. The zero-order valence-electron chi connectivity index (χ0n) is 19.5. The summed E-state index contributed by atoms with van der Waals surface area (Å²) in [6.45, 7) is 1.70. The van der Waals surface area contributed by atoms with Gasteiger partial charge in [0.1, 0.15) is 13.9 Å². The van der Waals surface area contributed by atoms with E-state index in [1.165, 1.54) is 22.6 Å². The van der Waals surface area contributed by atoms with E-state index in [1.807, 2.05) is 5.90 Å². The van der Waals surface area contributed by atoms with E-state index in [0.717, 1.165) is 0 Å². The summed E-state index contributed by atoms with van der Waals surface area (Å²) in [4.78, 5) is 0. The second-order valence-corrected chi connectivity index (χ2v) is 29.2. The van der Waals surface area contributed by atoms with E-state index in [1.54, 1.807) is 128 Å². The van der Waals surface area contributed by atoms with E-state index in [2.05, 4.69) is 6.66 Å². The highest BCUT2D eigenvalue weighted by atomic mass is 32.5. The fourth-order valence-corrected chi connectivity index (χ4v) is 51.6. The molecule has 166 valence electrons. The number of rotatable bonds is 4. The van der Waals surface area contributed by atoms with Crippen LogP contribution in [0.4, 0.5) is 0 Å². The lowest BCUT2D eigenvalue weighted by Gasteiger charge is -2.60. The maximum atomic E-state index is 3.01. The average molecular weight is 455 g/mol. The van der Waals surface area contributed by atoms with Gasteiger partial charge >= 0.3 is 0 Å². The molecular formula is C26H49P3+2. The molecule has 1 aliphatic heterocycles. The summed E-state index contributed by atoms with van der Waals surface area (Å²) >= 11 is 0. The lowest BCUT2D eigenvalue weighted by Crippen LogP contribution is -2.41. The fraction of sp³-hybridized carbons (Fsp3) is 1.00. The summed E-state index contributed by atoms with van der Waals surface area (Å²) in [6, 6.07) is 0. The van der Waals surface area contributed by atoms with Crippen molar-refractivity contribution in [2.24, 2.45) is 0 Å². The van der Waals surface area contributed by atoms with Crippen LogP contribution in [-0.2, 0) is 0 Å². The maximum absolute atomic E-state index is 3.01. The molecule has 0 N–H and O–H groups in total. The van der Waals surface area contributed by atoms with Crippen LogP contribution in [0.2, 0.25) is 0 Å². The zero-order chi connectivity index (χ0) is 19.7. The van der Waals surface area contributed by atoms with Crippen LogP contribution in [0.3, 0.4) is 0 Å². The quantitative estimate of drug-likeness (QED) is 0.371. The van der Waals surface area contributed by atoms with Gasteiger partial charge in [0.15, 0.2) is 5.90 Å². The van der Waals surface area contributed by atoms with Crippen LogP contribution in [0.25, 0.3) is 0 Å². The van der Waals surface area contributed by atoms with Crippen molar-refractivity contribution in [3.05, 3.63) is 0 Å². The van der Waals surface area contributed by atoms with Crippen LogP contribution >= 0.6 is 21.2 Å². The van der Waals surface area contributed by atoms with Crippen LogP contribution in [0, 0.1) is 0 Å². The summed E-state index contributed by atoms with van der Waals surface area (Å²) in [6.07, 6.45) is 32.4. The van der Waals surface area contributed by atoms with Crippen molar-refractivity contribution in [2.45, 2.75) is 151 Å². The van der Waals surface area contributed by atoms with Gasteiger partial charge in [0.2, 0.25) is 7.30 Å². The molecule has 4 aliphatic carbocycles. The first-order chi connectivity index (χ1) is 14.3. The topological polar surface area (TPSA) is 0 Å². The average Bonchev–Trinajstić information content (AvgIpc) is 2.81. The summed E-state index contributed by atoms with van der Waals surface area (Å²) in [5.74, 6) is 1.94. The van der Waals surface area contributed by atoms with Crippen LogP contribution in [0.5, 0.6) is 0 Å².